The van der Waals surface area contributed by atoms with Crippen molar-refractivity contribution in [2.24, 2.45) is 0 Å². The van der Waals surface area contributed by atoms with Crippen LogP contribution in [-0.4, -0.2) is 23.2 Å². The van der Waals surface area contributed by atoms with Gasteiger partial charge in [0.25, 0.3) is 0 Å². The van der Waals surface area contributed by atoms with Gasteiger partial charge in [0, 0.05) is 10.8 Å². The molecule has 5 heteroatoms. The van der Waals surface area contributed by atoms with Gasteiger partial charge in [-0.15, -0.1) is 0 Å². The van der Waals surface area contributed by atoms with Gasteiger partial charge in [0.15, 0.2) is 0 Å². The zero-order chi connectivity index (χ0) is 24.9. The predicted molar refractivity (Wildman–Crippen MR) is 154 cm³/mol. The van der Waals surface area contributed by atoms with Crippen LogP contribution in [0.1, 0.15) is 25.0 Å². The fraction of sp³-hybridized carbons (Fsp3) is 0.0909. The zero-order valence-corrected chi connectivity index (χ0v) is 20.9. The molecule has 0 N–H and O–H groups in total. The summed E-state index contributed by atoms with van der Waals surface area (Å²) in [4.78, 5) is 10.4. The van der Waals surface area contributed by atoms with E-state index in [-0.39, 0.29) is 5.41 Å². The van der Waals surface area contributed by atoms with Gasteiger partial charge >= 0.3 is 0 Å². The van der Waals surface area contributed by atoms with Crippen molar-refractivity contribution in [1.82, 2.24) is 23.2 Å². The van der Waals surface area contributed by atoms with Gasteiger partial charge in [0.05, 0.1) is 33.1 Å². The van der Waals surface area contributed by atoms with Gasteiger partial charge in [-0.25, -0.2) is 14.4 Å². The minimum Gasteiger partial charge on any atom is -0.276 e. The van der Waals surface area contributed by atoms with E-state index >= 15 is 0 Å². The lowest BCUT2D eigenvalue weighted by Gasteiger charge is -2.21. The van der Waals surface area contributed by atoms with Crippen LogP contribution in [0.4, 0.5) is 0 Å². The second-order valence-corrected chi connectivity index (χ2v) is 11.2. The lowest BCUT2D eigenvalue weighted by atomic mass is 9.82. The molecule has 1 aliphatic rings. The molecular weight excluding hydrogens is 466 g/mol. The summed E-state index contributed by atoms with van der Waals surface area (Å²) in [6.45, 7) is 4.66. The normalized spacial score (nSPS) is 14.8. The number of para-hydroxylation sites is 1. The van der Waals surface area contributed by atoms with Crippen LogP contribution in [0.2, 0.25) is 0 Å². The Bertz CT molecular complexity index is 2480. The third-order valence-electron chi connectivity index (χ3n) is 8.96. The summed E-state index contributed by atoms with van der Waals surface area (Å²) in [6.07, 6.45) is 0. The van der Waals surface area contributed by atoms with E-state index in [0.29, 0.717) is 0 Å². The average Bonchev–Trinajstić information content (AvgIpc) is 3.70. The molecule has 0 atom stereocenters. The average molecular weight is 488 g/mol. The quantitative estimate of drug-likeness (QED) is 0.221. The molecule has 0 saturated heterocycles. The smallest absolute Gasteiger partial charge is 0.223 e. The first-order valence-electron chi connectivity index (χ1n) is 13.1. The van der Waals surface area contributed by atoms with Gasteiger partial charge in [0.1, 0.15) is 5.52 Å². The molecule has 5 aromatic carbocycles. The van der Waals surface area contributed by atoms with Gasteiger partial charge in [0.2, 0.25) is 11.6 Å². The fourth-order valence-corrected chi connectivity index (χ4v) is 7.25. The Kier molecular flexibility index (Phi) is 3.02. The molecule has 0 amide bonds. The minimum absolute atomic E-state index is 0.0557. The number of imidazole rings is 4. The van der Waals surface area contributed by atoms with Crippen LogP contribution in [0, 0.1) is 0 Å². The number of rotatable bonds is 0. The van der Waals surface area contributed by atoms with Crippen LogP contribution >= 0.6 is 0 Å². The van der Waals surface area contributed by atoms with Crippen LogP contribution in [0.3, 0.4) is 0 Å². The Hall–Kier alpha value is -4.90. The van der Waals surface area contributed by atoms with Crippen LogP contribution in [0.25, 0.3) is 72.1 Å². The Morgan fingerprint density at radius 1 is 0.553 bits per heavy atom. The number of fused-ring (bicyclic) bond motifs is 15. The highest BCUT2D eigenvalue weighted by molar-refractivity contribution is 6.10. The van der Waals surface area contributed by atoms with Crippen molar-refractivity contribution in [3.8, 4) is 11.1 Å². The summed E-state index contributed by atoms with van der Waals surface area (Å²) in [6, 6.07) is 32.9. The molecule has 0 fully saturated rings. The fourth-order valence-electron chi connectivity index (χ4n) is 7.25. The summed E-state index contributed by atoms with van der Waals surface area (Å²) in [5, 5.41) is 2.44. The third kappa shape index (κ3) is 1.95. The first-order chi connectivity index (χ1) is 18.6. The first kappa shape index (κ1) is 19.2. The SMILES string of the molecule is CC1(C)c2ccccc2-c2cc3nc4n(c3cc21)c1cccc2c1n4c1nc3ccc4ccccc4c3n21. The number of hydrogen-bond donors (Lipinski definition) is 0. The standard InChI is InChI=1S/C33H21N5/c1-33(2)22-11-6-5-10-20(22)21-16-25-28(17-23(21)33)36-26-12-7-13-27-30(26)38(31(36)35-25)32-34-24-15-14-18-8-3-4-9-19(18)29(24)37(27)32/h3-17H,1-2H3. The molecule has 10 rings (SSSR count). The van der Waals surface area contributed by atoms with Crippen LogP contribution < -0.4 is 0 Å². The maximum Gasteiger partial charge on any atom is 0.223 e. The highest BCUT2D eigenvalue weighted by Gasteiger charge is 2.36. The molecule has 9 aromatic rings. The number of benzene rings is 5. The van der Waals surface area contributed by atoms with Crippen molar-refractivity contribution in [2.45, 2.75) is 19.3 Å². The molecule has 0 radical (unpaired) electrons. The lowest BCUT2D eigenvalue weighted by molar-refractivity contribution is 0.661. The van der Waals surface area contributed by atoms with E-state index in [0.717, 1.165) is 50.2 Å². The molecule has 0 spiro atoms. The largest absolute Gasteiger partial charge is 0.276 e. The zero-order valence-electron chi connectivity index (χ0n) is 20.9. The van der Waals surface area contributed by atoms with Crippen molar-refractivity contribution in [2.75, 3.05) is 0 Å². The monoisotopic (exact) mass is 487 g/mol. The minimum atomic E-state index is -0.0557. The van der Waals surface area contributed by atoms with Gasteiger partial charge in [-0.3, -0.25) is 8.80 Å². The van der Waals surface area contributed by atoms with E-state index in [2.05, 4.69) is 118 Å². The summed E-state index contributed by atoms with van der Waals surface area (Å²) < 4.78 is 6.90. The van der Waals surface area contributed by atoms with Crippen LogP contribution in [-0.2, 0) is 5.41 Å². The molecule has 4 heterocycles. The van der Waals surface area contributed by atoms with Crippen LogP contribution in [0.5, 0.6) is 0 Å². The van der Waals surface area contributed by atoms with Crippen molar-refractivity contribution < 1.29 is 0 Å². The Balaban J connectivity index is 1.41. The second-order valence-electron chi connectivity index (χ2n) is 11.2. The lowest BCUT2D eigenvalue weighted by Crippen LogP contribution is -2.14. The van der Waals surface area contributed by atoms with Gasteiger partial charge in [-0.1, -0.05) is 74.5 Å². The molecule has 38 heavy (non-hydrogen) atoms. The summed E-state index contributed by atoms with van der Waals surface area (Å²) in [5.74, 6) is 1.82. The highest BCUT2D eigenvalue weighted by Crippen LogP contribution is 2.50. The molecule has 178 valence electrons. The molecule has 5 nitrogen and oxygen atoms in total. The third-order valence-corrected chi connectivity index (χ3v) is 8.96. The maximum absolute atomic E-state index is 5.26. The van der Waals surface area contributed by atoms with E-state index in [1.807, 2.05) is 0 Å². The van der Waals surface area contributed by atoms with Crippen molar-refractivity contribution in [3.05, 3.63) is 102 Å². The Labute approximate surface area is 216 Å². The van der Waals surface area contributed by atoms with Crippen molar-refractivity contribution in [3.63, 3.8) is 0 Å². The van der Waals surface area contributed by atoms with E-state index in [1.165, 1.54) is 33.0 Å². The molecular formula is C33H21N5. The summed E-state index contributed by atoms with van der Waals surface area (Å²) >= 11 is 0. The number of nitrogens with zero attached hydrogens (tertiary/aromatic N) is 5. The molecule has 1 aliphatic carbocycles. The summed E-state index contributed by atoms with van der Waals surface area (Å²) in [5.41, 5.74) is 13.1. The van der Waals surface area contributed by atoms with Gasteiger partial charge in [-0.05, 0) is 58.0 Å². The van der Waals surface area contributed by atoms with Gasteiger partial charge in [-0.2, -0.15) is 0 Å². The predicted octanol–water partition coefficient (Wildman–Crippen LogP) is 7.59. The van der Waals surface area contributed by atoms with Crippen molar-refractivity contribution >= 4 is 60.9 Å². The molecule has 4 aromatic heterocycles. The number of aromatic nitrogens is 5. The second kappa shape index (κ2) is 5.97. The van der Waals surface area contributed by atoms with Crippen molar-refractivity contribution in [1.29, 1.82) is 0 Å². The summed E-state index contributed by atoms with van der Waals surface area (Å²) in [7, 11) is 0. The Morgan fingerprint density at radius 3 is 2.24 bits per heavy atom. The molecule has 0 saturated carbocycles. The molecule has 0 unspecified atom stereocenters. The first-order valence-corrected chi connectivity index (χ1v) is 13.1. The Morgan fingerprint density at radius 2 is 1.32 bits per heavy atom. The maximum atomic E-state index is 5.26. The topological polar surface area (TPSA) is 39.0 Å². The highest BCUT2D eigenvalue weighted by atomic mass is 15.3. The van der Waals surface area contributed by atoms with E-state index in [4.69, 9.17) is 9.97 Å². The van der Waals surface area contributed by atoms with E-state index < -0.39 is 0 Å². The number of hydrogen-bond acceptors (Lipinski definition) is 2. The van der Waals surface area contributed by atoms with Gasteiger partial charge < -0.3 is 0 Å². The van der Waals surface area contributed by atoms with E-state index in [1.54, 1.807) is 0 Å². The van der Waals surface area contributed by atoms with Crippen LogP contribution in [0.15, 0.2) is 91.0 Å². The van der Waals surface area contributed by atoms with E-state index in [9.17, 15) is 0 Å². The molecule has 0 aliphatic heterocycles. The molecule has 0 bridgehead atoms.